The van der Waals surface area contributed by atoms with Crippen LogP contribution in [-0.4, -0.2) is 80.8 Å². The molecule has 2 aliphatic heterocycles. The first-order valence-corrected chi connectivity index (χ1v) is 10.7. The molecule has 1 aromatic rings. The number of carbonyl (C=O) groups excluding carboxylic acids is 2. The minimum atomic E-state index is -0.356. The largest absolute Gasteiger partial charge is 0.490 e. The molecular formula is C23H31N3O5. The van der Waals surface area contributed by atoms with Crippen molar-refractivity contribution in [3.8, 4) is 11.8 Å². The minimum Gasteiger partial charge on any atom is -0.490 e. The van der Waals surface area contributed by atoms with E-state index in [0.717, 1.165) is 19.3 Å². The number of hydrogen-bond donors (Lipinski definition) is 0. The number of amides is 2. The van der Waals surface area contributed by atoms with Crippen molar-refractivity contribution < 1.29 is 23.8 Å². The van der Waals surface area contributed by atoms with E-state index in [0.29, 0.717) is 23.4 Å². The van der Waals surface area contributed by atoms with Crippen LogP contribution in [0.2, 0.25) is 0 Å². The molecule has 8 heteroatoms. The summed E-state index contributed by atoms with van der Waals surface area (Å²) in [6, 6.07) is 6.86. The molecule has 2 amide bonds. The second kappa shape index (κ2) is 10.1. The van der Waals surface area contributed by atoms with Crippen molar-refractivity contribution >= 4 is 11.8 Å². The predicted octanol–water partition coefficient (Wildman–Crippen LogP) is 2.07. The van der Waals surface area contributed by atoms with Crippen LogP contribution in [-0.2, 0) is 14.3 Å². The lowest BCUT2D eigenvalue weighted by molar-refractivity contribution is -0.146. The normalized spacial score (nSPS) is 28.1. The molecule has 0 spiro atoms. The Morgan fingerprint density at radius 2 is 1.94 bits per heavy atom. The summed E-state index contributed by atoms with van der Waals surface area (Å²) in [5, 5.41) is 9.29. The van der Waals surface area contributed by atoms with Gasteiger partial charge in [0.2, 0.25) is 5.91 Å². The second-order valence-electron chi connectivity index (χ2n) is 8.42. The number of hydrogen-bond acceptors (Lipinski definition) is 6. The summed E-state index contributed by atoms with van der Waals surface area (Å²) in [5.41, 5.74) is 0.667. The van der Waals surface area contributed by atoms with Crippen LogP contribution in [0.5, 0.6) is 5.75 Å². The molecule has 1 fully saturated rings. The van der Waals surface area contributed by atoms with Gasteiger partial charge in [0.15, 0.2) is 0 Å². The lowest BCUT2D eigenvalue weighted by Crippen LogP contribution is -2.44. The monoisotopic (exact) mass is 429 g/mol. The molecule has 31 heavy (non-hydrogen) atoms. The molecule has 1 saturated heterocycles. The third-order valence-corrected chi connectivity index (χ3v) is 6.08. The molecule has 3 rings (SSSR count). The molecule has 4 atom stereocenters. The van der Waals surface area contributed by atoms with E-state index in [9.17, 15) is 14.9 Å². The number of fused-ring (bicyclic) bond motifs is 3. The SMILES string of the molecule is CO[C@@H]1CC[C@H]2CCN(C)C(=O)[C@H](C)CN(C)C(=O)c3cc(C#N)ccc3OC[C@@H]1O2. The van der Waals surface area contributed by atoms with Crippen molar-refractivity contribution in [1.82, 2.24) is 9.80 Å². The van der Waals surface area contributed by atoms with Gasteiger partial charge >= 0.3 is 0 Å². The Morgan fingerprint density at radius 3 is 2.65 bits per heavy atom. The van der Waals surface area contributed by atoms with Gasteiger partial charge in [-0.2, -0.15) is 5.26 Å². The molecule has 0 saturated carbocycles. The van der Waals surface area contributed by atoms with Gasteiger partial charge < -0.3 is 24.0 Å². The third-order valence-electron chi connectivity index (χ3n) is 6.08. The fraction of sp³-hybridized carbons (Fsp3) is 0.609. The Hall–Kier alpha value is -2.63. The first kappa shape index (κ1) is 23.0. The summed E-state index contributed by atoms with van der Waals surface area (Å²) >= 11 is 0. The van der Waals surface area contributed by atoms with Crippen LogP contribution >= 0.6 is 0 Å². The van der Waals surface area contributed by atoms with Crippen molar-refractivity contribution in [2.75, 3.05) is 40.9 Å². The summed E-state index contributed by atoms with van der Waals surface area (Å²) in [6.07, 6.45) is 2.05. The maximum Gasteiger partial charge on any atom is 0.257 e. The number of benzene rings is 1. The Kier molecular flexibility index (Phi) is 7.52. The van der Waals surface area contributed by atoms with Gasteiger partial charge in [0.25, 0.3) is 5.91 Å². The standard InChI is InChI=1S/C23H31N3O5/c1-15-13-26(3)23(28)18-11-16(12-24)5-7-19(18)30-14-21-20(29-4)8-6-17(31-21)9-10-25(2)22(15)27/h5,7,11,15,17,20-21H,6,8-10,13-14H2,1-4H3/t15-,17+,20-,21+/m1/s1. The summed E-state index contributed by atoms with van der Waals surface area (Å²) in [4.78, 5) is 29.2. The van der Waals surface area contributed by atoms with Gasteiger partial charge in [0.1, 0.15) is 18.5 Å². The van der Waals surface area contributed by atoms with Crippen LogP contribution in [0, 0.1) is 17.2 Å². The Bertz CT molecular complexity index is 852. The van der Waals surface area contributed by atoms with Crippen molar-refractivity contribution in [3.63, 3.8) is 0 Å². The van der Waals surface area contributed by atoms with E-state index < -0.39 is 0 Å². The highest BCUT2D eigenvalue weighted by Crippen LogP contribution is 2.27. The molecule has 0 aromatic heterocycles. The average Bonchev–Trinajstić information content (AvgIpc) is 2.79. The molecule has 0 aliphatic carbocycles. The highest BCUT2D eigenvalue weighted by Gasteiger charge is 2.33. The molecule has 0 unspecified atom stereocenters. The highest BCUT2D eigenvalue weighted by molar-refractivity contribution is 5.97. The van der Waals surface area contributed by atoms with Gasteiger partial charge in [-0.05, 0) is 37.5 Å². The van der Waals surface area contributed by atoms with E-state index in [1.54, 1.807) is 38.2 Å². The Balaban J connectivity index is 1.94. The average molecular weight is 430 g/mol. The van der Waals surface area contributed by atoms with Crippen LogP contribution < -0.4 is 4.74 Å². The number of nitriles is 1. The summed E-state index contributed by atoms with van der Waals surface area (Å²) in [7, 11) is 5.10. The zero-order valence-electron chi connectivity index (χ0n) is 18.7. The van der Waals surface area contributed by atoms with Crippen LogP contribution in [0.15, 0.2) is 18.2 Å². The third kappa shape index (κ3) is 5.35. The fourth-order valence-corrected chi connectivity index (χ4v) is 4.23. The van der Waals surface area contributed by atoms with Gasteiger partial charge in [-0.1, -0.05) is 6.92 Å². The van der Waals surface area contributed by atoms with Crippen LogP contribution in [0.1, 0.15) is 42.1 Å². The molecule has 2 bridgehead atoms. The lowest BCUT2D eigenvalue weighted by atomic mass is 9.99. The highest BCUT2D eigenvalue weighted by atomic mass is 16.6. The van der Waals surface area contributed by atoms with E-state index in [1.807, 2.05) is 6.92 Å². The zero-order valence-corrected chi connectivity index (χ0v) is 18.7. The maximum atomic E-state index is 13.2. The topological polar surface area (TPSA) is 92.1 Å². The second-order valence-corrected chi connectivity index (χ2v) is 8.42. The van der Waals surface area contributed by atoms with E-state index in [4.69, 9.17) is 14.2 Å². The first-order chi connectivity index (χ1) is 14.8. The van der Waals surface area contributed by atoms with E-state index in [1.165, 1.54) is 11.0 Å². The molecule has 0 N–H and O–H groups in total. The zero-order chi connectivity index (χ0) is 22.5. The lowest BCUT2D eigenvalue weighted by Gasteiger charge is -2.36. The minimum absolute atomic E-state index is 0.0143. The van der Waals surface area contributed by atoms with Crippen molar-refractivity contribution in [2.45, 2.75) is 44.5 Å². The van der Waals surface area contributed by atoms with Gasteiger partial charge in [0.05, 0.1) is 35.3 Å². The smallest absolute Gasteiger partial charge is 0.257 e. The van der Waals surface area contributed by atoms with Gasteiger partial charge in [-0.15, -0.1) is 0 Å². The number of carbonyl (C=O) groups is 2. The molecule has 1 aromatic carbocycles. The van der Waals surface area contributed by atoms with Gasteiger partial charge in [-0.25, -0.2) is 0 Å². The molecule has 8 nitrogen and oxygen atoms in total. The van der Waals surface area contributed by atoms with Gasteiger partial charge in [0, 0.05) is 34.3 Å². The fourth-order valence-electron chi connectivity index (χ4n) is 4.23. The molecule has 2 aliphatic rings. The summed E-state index contributed by atoms with van der Waals surface area (Å²) in [5.74, 6) is -0.276. The van der Waals surface area contributed by atoms with Crippen LogP contribution in [0.3, 0.4) is 0 Å². The molecule has 0 radical (unpaired) electrons. The Labute approximate surface area is 183 Å². The molecular weight excluding hydrogens is 398 g/mol. The van der Waals surface area contributed by atoms with Gasteiger partial charge in [-0.3, -0.25) is 9.59 Å². The molecule has 2 heterocycles. The number of rotatable bonds is 1. The number of methoxy groups -OCH3 is 1. The van der Waals surface area contributed by atoms with E-state index >= 15 is 0 Å². The van der Waals surface area contributed by atoms with Crippen LogP contribution in [0.25, 0.3) is 0 Å². The summed E-state index contributed by atoms with van der Waals surface area (Å²) < 4.78 is 17.9. The predicted molar refractivity (Wildman–Crippen MR) is 114 cm³/mol. The first-order valence-electron chi connectivity index (χ1n) is 10.7. The number of nitrogens with zero attached hydrogens (tertiary/aromatic N) is 3. The number of ether oxygens (including phenoxy) is 3. The van der Waals surface area contributed by atoms with Crippen molar-refractivity contribution in [1.29, 1.82) is 5.26 Å². The van der Waals surface area contributed by atoms with E-state index in [-0.39, 0.29) is 49.2 Å². The summed E-state index contributed by atoms with van der Waals surface area (Å²) in [6.45, 7) is 2.91. The Morgan fingerprint density at radius 1 is 1.16 bits per heavy atom. The maximum absolute atomic E-state index is 13.2. The van der Waals surface area contributed by atoms with Crippen LogP contribution in [0.4, 0.5) is 0 Å². The van der Waals surface area contributed by atoms with Crippen molar-refractivity contribution in [2.24, 2.45) is 5.92 Å². The molecule has 168 valence electrons. The van der Waals surface area contributed by atoms with Crippen molar-refractivity contribution in [3.05, 3.63) is 29.3 Å². The van der Waals surface area contributed by atoms with E-state index in [2.05, 4.69) is 6.07 Å². The quantitative estimate of drug-likeness (QED) is 0.679.